The highest BCUT2D eigenvalue weighted by atomic mass is 35.5. The summed E-state index contributed by atoms with van der Waals surface area (Å²) in [6, 6.07) is 5.50. The maximum Gasteiger partial charge on any atom is 0.137 e. The monoisotopic (exact) mass is 255 g/mol. The lowest BCUT2D eigenvalue weighted by Crippen LogP contribution is -2.38. The Labute approximate surface area is 107 Å². The van der Waals surface area contributed by atoms with Gasteiger partial charge in [-0.15, -0.1) is 0 Å². The zero-order valence-corrected chi connectivity index (χ0v) is 10.9. The van der Waals surface area contributed by atoms with Gasteiger partial charge in [-0.25, -0.2) is 0 Å². The van der Waals surface area contributed by atoms with Crippen molar-refractivity contribution in [1.29, 1.82) is 0 Å². The average Bonchev–Trinajstić information content (AvgIpc) is 3.13. The Hall–Kier alpha value is -0.770. The third-order valence-electron chi connectivity index (χ3n) is 3.35. The van der Waals surface area contributed by atoms with Gasteiger partial charge in [0.2, 0.25) is 0 Å². The maximum atomic E-state index is 10.7. The lowest BCUT2D eigenvalue weighted by molar-refractivity contribution is 0.0153. The summed E-state index contributed by atoms with van der Waals surface area (Å²) in [6.07, 6.45) is 2.14. The van der Waals surface area contributed by atoms with Crippen LogP contribution in [0.2, 0.25) is 5.02 Å². The first-order valence-electron chi connectivity index (χ1n) is 5.83. The summed E-state index contributed by atoms with van der Waals surface area (Å²) in [7, 11) is 3.43. The van der Waals surface area contributed by atoms with E-state index >= 15 is 0 Å². The second-order valence-electron chi connectivity index (χ2n) is 4.58. The van der Waals surface area contributed by atoms with Crippen molar-refractivity contribution in [2.24, 2.45) is 5.92 Å². The van der Waals surface area contributed by atoms with Crippen LogP contribution in [0.1, 0.15) is 18.4 Å². The normalized spacial score (nSPS) is 18.8. The minimum Gasteiger partial charge on any atom is -0.495 e. The van der Waals surface area contributed by atoms with E-state index in [1.165, 1.54) is 0 Å². The Morgan fingerprint density at radius 2 is 2.24 bits per heavy atom. The van der Waals surface area contributed by atoms with Crippen molar-refractivity contribution in [3.63, 3.8) is 0 Å². The van der Waals surface area contributed by atoms with Crippen molar-refractivity contribution in [3.05, 3.63) is 28.8 Å². The van der Waals surface area contributed by atoms with Gasteiger partial charge in [-0.05, 0) is 43.5 Å². The van der Waals surface area contributed by atoms with Crippen LogP contribution in [0.15, 0.2) is 18.2 Å². The zero-order chi connectivity index (χ0) is 12.5. The minimum absolute atomic E-state index is 0.333. The van der Waals surface area contributed by atoms with E-state index in [9.17, 15) is 5.11 Å². The van der Waals surface area contributed by atoms with Crippen LogP contribution in [0.3, 0.4) is 0 Å². The average molecular weight is 256 g/mol. The maximum absolute atomic E-state index is 10.7. The SMILES string of the molecule is CNCC(O)(c1ccc(OC)c(Cl)c1)C1CC1. The molecule has 1 aliphatic carbocycles. The number of hydrogen-bond acceptors (Lipinski definition) is 3. The van der Waals surface area contributed by atoms with Gasteiger partial charge in [-0.2, -0.15) is 0 Å². The first-order chi connectivity index (χ1) is 8.11. The molecule has 1 unspecified atom stereocenters. The molecule has 2 N–H and O–H groups in total. The number of aliphatic hydroxyl groups is 1. The van der Waals surface area contributed by atoms with Gasteiger partial charge in [0.1, 0.15) is 11.4 Å². The molecule has 0 aromatic heterocycles. The number of rotatable bonds is 5. The van der Waals surface area contributed by atoms with Gasteiger partial charge in [0.25, 0.3) is 0 Å². The van der Waals surface area contributed by atoms with Crippen molar-refractivity contribution < 1.29 is 9.84 Å². The lowest BCUT2D eigenvalue weighted by atomic mass is 9.88. The topological polar surface area (TPSA) is 41.5 Å². The summed E-state index contributed by atoms with van der Waals surface area (Å²) in [5.74, 6) is 0.970. The van der Waals surface area contributed by atoms with Gasteiger partial charge in [-0.3, -0.25) is 0 Å². The Balaban J connectivity index is 2.33. The van der Waals surface area contributed by atoms with Crippen LogP contribution in [0, 0.1) is 5.92 Å². The fourth-order valence-corrected chi connectivity index (χ4v) is 2.51. The highest BCUT2D eigenvalue weighted by molar-refractivity contribution is 6.32. The van der Waals surface area contributed by atoms with Crippen LogP contribution >= 0.6 is 11.6 Å². The number of likely N-dealkylation sites (N-methyl/N-ethyl adjacent to an activating group) is 1. The molecule has 1 fully saturated rings. The zero-order valence-electron chi connectivity index (χ0n) is 10.2. The summed E-state index contributed by atoms with van der Waals surface area (Å²) in [4.78, 5) is 0. The van der Waals surface area contributed by atoms with Crippen LogP contribution in [0.25, 0.3) is 0 Å². The quantitative estimate of drug-likeness (QED) is 0.847. The van der Waals surface area contributed by atoms with Gasteiger partial charge >= 0.3 is 0 Å². The molecule has 0 bridgehead atoms. The number of halogens is 1. The van der Waals surface area contributed by atoms with E-state index in [1.807, 2.05) is 13.1 Å². The minimum atomic E-state index is -0.815. The van der Waals surface area contributed by atoms with E-state index in [-0.39, 0.29) is 0 Å². The Kier molecular flexibility index (Phi) is 3.61. The van der Waals surface area contributed by atoms with Crippen molar-refractivity contribution in [2.75, 3.05) is 20.7 Å². The predicted octanol–water partition coefficient (Wildman–Crippen LogP) is 2.17. The highest BCUT2D eigenvalue weighted by Gasteiger charge is 2.44. The van der Waals surface area contributed by atoms with Crippen molar-refractivity contribution in [1.82, 2.24) is 5.32 Å². The molecule has 0 saturated heterocycles. The number of nitrogens with one attached hydrogen (secondary N) is 1. The van der Waals surface area contributed by atoms with Gasteiger partial charge in [0.05, 0.1) is 12.1 Å². The van der Waals surface area contributed by atoms with E-state index in [2.05, 4.69) is 5.32 Å². The molecular formula is C13H18ClNO2. The fraction of sp³-hybridized carbons (Fsp3) is 0.538. The third-order valence-corrected chi connectivity index (χ3v) is 3.65. The van der Waals surface area contributed by atoms with E-state index in [0.717, 1.165) is 18.4 Å². The highest BCUT2D eigenvalue weighted by Crippen LogP contribution is 2.46. The number of hydrogen-bond donors (Lipinski definition) is 2. The second kappa shape index (κ2) is 4.84. The van der Waals surface area contributed by atoms with E-state index in [4.69, 9.17) is 16.3 Å². The van der Waals surface area contributed by atoms with Crippen LogP contribution in [-0.4, -0.2) is 25.8 Å². The van der Waals surface area contributed by atoms with Crippen LogP contribution in [-0.2, 0) is 5.60 Å². The molecule has 1 atom stereocenters. The molecule has 3 nitrogen and oxygen atoms in total. The van der Waals surface area contributed by atoms with Gasteiger partial charge in [0, 0.05) is 6.54 Å². The molecule has 94 valence electrons. The first kappa shape index (κ1) is 12.7. The van der Waals surface area contributed by atoms with E-state index in [1.54, 1.807) is 19.2 Å². The van der Waals surface area contributed by atoms with Crippen molar-refractivity contribution in [3.8, 4) is 5.75 Å². The largest absolute Gasteiger partial charge is 0.495 e. The summed E-state index contributed by atoms with van der Waals surface area (Å²) in [5, 5.41) is 14.3. The molecule has 1 aromatic rings. The molecule has 0 heterocycles. The Bertz CT molecular complexity index is 406. The molecule has 1 aliphatic rings. The van der Waals surface area contributed by atoms with Gasteiger partial charge in [0.15, 0.2) is 0 Å². The smallest absolute Gasteiger partial charge is 0.137 e. The molecule has 0 amide bonds. The Morgan fingerprint density at radius 3 is 2.71 bits per heavy atom. The number of benzene rings is 1. The fourth-order valence-electron chi connectivity index (χ4n) is 2.25. The van der Waals surface area contributed by atoms with Gasteiger partial charge in [-0.1, -0.05) is 17.7 Å². The number of methoxy groups -OCH3 is 1. The molecule has 2 rings (SSSR count). The van der Waals surface area contributed by atoms with Crippen LogP contribution in [0.5, 0.6) is 5.75 Å². The summed E-state index contributed by atoms with van der Waals surface area (Å²) >= 11 is 6.10. The first-order valence-corrected chi connectivity index (χ1v) is 6.20. The third kappa shape index (κ3) is 2.41. The van der Waals surface area contributed by atoms with E-state index in [0.29, 0.717) is 23.2 Å². The van der Waals surface area contributed by atoms with Crippen LogP contribution < -0.4 is 10.1 Å². The lowest BCUT2D eigenvalue weighted by Gasteiger charge is -2.29. The summed E-state index contributed by atoms with van der Waals surface area (Å²) in [6.45, 7) is 0.542. The molecule has 1 aromatic carbocycles. The van der Waals surface area contributed by atoms with E-state index < -0.39 is 5.60 Å². The van der Waals surface area contributed by atoms with Crippen LogP contribution in [0.4, 0.5) is 0 Å². The van der Waals surface area contributed by atoms with Gasteiger partial charge < -0.3 is 15.2 Å². The molecular weight excluding hydrogens is 238 g/mol. The second-order valence-corrected chi connectivity index (χ2v) is 4.99. The molecule has 0 aliphatic heterocycles. The van der Waals surface area contributed by atoms with Crippen molar-refractivity contribution in [2.45, 2.75) is 18.4 Å². The molecule has 1 saturated carbocycles. The van der Waals surface area contributed by atoms with Crippen molar-refractivity contribution >= 4 is 11.6 Å². The molecule has 17 heavy (non-hydrogen) atoms. The number of ether oxygens (including phenoxy) is 1. The molecule has 4 heteroatoms. The summed E-state index contributed by atoms with van der Waals surface area (Å²) < 4.78 is 5.12. The molecule has 0 spiro atoms. The standard InChI is InChI=1S/C13H18ClNO2/c1-15-8-13(16,9-3-4-9)10-5-6-12(17-2)11(14)7-10/h5-7,9,15-16H,3-4,8H2,1-2H3. The Morgan fingerprint density at radius 1 is 1.53 bits per heavy atom. The molecule has 0 radical (unpaired) electrons. The summed E-state index contributed by atoms with van der Waals surface area (Å²) in [5.41, 5.74) is 0.0464. The predicted molar refractivity (Wildman–Crippen MR) is 68.6 cm³/mol.